The monoisotopic (exact) mass is 226 g/mol. The molecule has 0 bridgehead atoms. The molecule has 1 aromatic rings. The third-order valence-corrected chi connectivity index (χ3v) is 2.91. The number of aromatic carboxylic acids is 1. The maximum atomic E-state index is 10.9. The molecule has 5 nitrogen and oxygen atoms in total. The molecule has 0 radical (unpaired) electrons. The maximum Gasteiger partial charge on any atom is 0.339 e. The van der Waals surface area contributed by atoms with Crippen LogP contribution in [0.4, 0.5) is 0 Å². The zero-order chi connectivity index (χ0) is 11.5. The lowest BCUT2D eigenvalue weighted by atomic mass is 9.91. The Morgan fingerprint density at radius 2 is 2.12 bits per heavy atom. The minimum atomic E-state index is -1.07. The average molecular weight is 226 g/mol. The predicted molar refractivity (Wildman–Crippen MR) is 54.2 cm³/mol. The van der Waals surface area contributed by atoms with Crippen molar-refractivity contribution >= 4 is 5.97 Å². The van der Waals surface area contributed by atoms with Crippen molar-refractivity contribution in [3.63, 3.8) is 0 Å². The fraction of sp³-hybridized carbons (Fsp3) is 0.545. The zero-order valence-corrected chi connectivity index (χ0v) is 8.76. The van der Waals surface area contributed by atoms with Crippen LogP contribution in [0.5, 0.6) is 0 Å². The zero-order valence-electron chi connectivity index (χ0n) is 8.76. The van der Waals surface area contributed by atoms with E-state index in [-0.39, 0.29) is 17.2 Å². The maximum absolute atomic E-state index is 10.9. The van der Waals surface area contributed by atoms with Crippen molar-refractivity contribution in [1.82, 2.24) is 0 Å². The Kier molecular flexibility index (Phi) is 3.26. The van der Waals surface area contributed by atoms with Crippen molar-refractivity contribution in [2.45, 2.75) is 18.9 Å². The number of hydrogen-bond donors (Lipinski definition) is 2. The molecule has 1 aliphatic rings. The Hall–Kier alpha value is -1.33. The van der Waals surface area contributed by atoms with Crippen LogP contribution in [-0.4, -0.2) is 29.4 Å². The van der Waals surface area contributed by atoms with Crippen LogP contribution >= 0.6 is 0 Å². The van der Waals surface area contributed by atoms with Gasteiger partial charge in [0.15, 0.2) is 0 Å². The van der Waals surface area contributed by atoms with Crippen LogP contribution in [-0.2, 0) is 4.74 Å². The van der Waals surface area contributed by atoms with Gasteiger partial charge in [-0.2, -0.15) is 0 Å². The summed E-state index contributed by atoms with van der Waals surface area (Å²) >= 11 is 0. The van der Waals surface area contributed by atoms with Gasteiger partial charge >= 0.3 is 5.97 Å². The van der Waals surface area contributed by atoms with E-state index in [1.165, 1.54) is 12.3 Å². The Labute approximate surface area is 92.6 Å². The topological polar surface area (TPSA) is 79.9 Å². The molecule has 2 heterocycles. The van der Waals surface area contributed by atoms with Gasteiger partial charge in [-0.1, -0.05) is 0 Å². The second-order valence-electron chi connectivity index (χ2n) is 3.90. The number of carboxylic acid groups (broad SMARTS) is 1. The van der Waals surface area contributed by atoms with Crippen LogP contribution in [0.25, 0.3) is 0 Å². The first-order valence-corrected chi connectivity index (χ1v) is 5.26. The second-order valence-corrected chi connectivity index (χ2v) is 3.90. The summed E-state index contributed by atoms with van der Waals surface area (Å²) < 4.78 is 10.3. The number of carboxylic acids is 1. The van der Waals surface area contributed by atoms with Crippen molar-refractivity contribution in [2.24, 2.45) is 5.92 Å². The number of rotatable bonds is 3. The van der Waals surface area contributed by atoms with Gasteiger partial charge in [0.25, 0.3) is 0 Å². The molecule has 1 fully saturated rings. The van der Waals surface area contributed by atoms with Gasteiger partial charge in [-0.05, 0) is 24.8 Å². The molecule has 1 saturated heterocycles. The van der Waals surface area contributed by atoms with Crippen molar-refractivity contribution in [3.8, 4) is 0 Å². The molecule has 5 heteroatoms. The molecule has 1 aromatic heterocycles. The first-order chi connectivity index (χ1) is 7.70. The standard InChI is InChI=1S/C11H14O5/c12-9(7-1-4-15-5-2-7)10-8(11(13)14)3-6-16-10/h3,6-7,9,12H,1-2,4-5H2,(H,13,14). The highest BCUT2D eigenvalue weighted by Crippen LogP contribution is 2.32. The minimum Gasteiger partial charge on any atom is -0.478 e. The third kappa shape index (κ3) is 2.10. The lowest BCUT2D eigenvalue weighted by Crippen LogP contribution is -2.22. The van der Waals surface area contributed by atoms with E-state index in [0.29, 0.717) is 13.2 Å². The van der Waals surface area contributed by atoms with Gasteiger partial charge in [0.2, 0.25) is 0 Å². The highest BCUT2D eigenvalue weighted by Gasteiger charge is 2.29. The lowest BCUT2D eigenvalue weighted by molar-refractivity contribution is -0.00174. The Balaban J connectivity index is 2.15. The van der Waals surface area contributed by atoms with Crippen LogP contribution in [0, 0.1) is 5.92 Å². The van der Waals surface area contributed by atoms with Gasteiger partial charge in [0.05, 0.1) is 6.26 Å². The van der Waals surface area contributed by atoms with Crippen molar-refractivity contribution in [2.75, 3.05) is 13.2 Å². The predicted octanol–water partition coefficient (Wildman–Crippen LogP) is 1.44. The molecule has 0 amide bonds. The van der Waals surface area contributed by atoms with Crippen molar-refractivity contribution in [1.29, 1.82) is 0 Å². The van der Waals surface area contributed by atoms with E-state index >= 15 is 0 Å². The molecule has 16 heavy (non-hydrogen) atoms. The van der Waals surface area contributed by atoms with E-state index in [0.717, 1.165) is 12.8 Å². The van der Waals surface area contributed by atoms with Crippen molar-refractivity contribution < 1.29 is 24.2 Å². The quantitative estimate of drug-likeness (QED) is 0.815. The van der Waals surface area contributed by atoms with E-state index in [1.807, 2.05) is 0 Å². The molecule has 0 aliphatic carbocycles. The number of aliphatic hydroxyl groups excluding tert-OH is 1. The first kappa shape index (κ1) is 11.2. The fourth-order valence-electron chi connectivity index (χ4n) is 1.97. The summed E-state index contributed by atoms with van der Waals surface area (Å²) in [5.74, 6) is -0.910. The van der Waals surface area contributed by atoms with Gasteiger partial charge in [-0.15, -0.1) is 0 Å². The van der Waals surface area contributed by atoms with Crippen molar-refractivity contribution in [3.05, 3.63) is 23.7 Å². The molecule has 0 saturated carbocycles. The SMILES string of the molecule is O=C(O)c1ccoc1C(O)C1CCOCC1. The summed E-state index contributed by atoms with van der Waals surface area (Å²) in [5.41, 5.74) is 0.0407. The summed E-state index contributed by atoms with van der Waals surface area (Å²) in [6.45, 7) is 1.20. The molecule has 1 atom stereocenters. The van der Waals surface area contributed by atoms with E-state index in [2.05, 4.69) is 0 Å². The molecular formula is C11H14O5. The number of furan rings is 1. The Morgan fingerprint density at radius 1 is 1.44 bits per heavy atom. The van der Waals surface area contributed by atoms with Crippen LogP contribution in [0.1, 0.15) is 35.1 Å². The number of aliphatic hydroxyl groups is 1. The van der Waals surface area contributed by atoms with Crippen LogP contribution in [0.15, 0.2) is 16.7 Å². The van der Waals surface area contributed by atoms with Gasteiger partial charge in [-0.3, -0.25) is 0 Å². The van der Waals surface area contributed by atoms with Gasteiger partial charge < -0.3 is 19.4 Å². The number of hydrogen-bond acceptors (Lipinski definition) is 4. The van der Waals surface area contributed by atoms with E-state index < -0.39 is 12.1 Å². The number of carbonyl (C=O) groups is 1. The second kappa shape index (κ2) is 4.67. The van der Waals surface area contributed by atoms with E-state index in [4.69, 9.17) is 14.3 Å². The molecule has 0 spiro atoms. The Bertz CT molecular complexity index is 364. The molecule has 88 valence electrons. The summed E-state index contributed by atoms with van der Waals surface area (Å²) in [4.78, 5) is 10.9. The van der Waals surface area contributed by atoms with Crippen LogP contribution in [0.3, 0.4) is 0 Å². The average Bonchev–Trinajstić information content (AvgIpc) is 2.78. The smallest absolute Gasteiger partial charge is 0.339 e. The van der Waals surface area contributed by atoms with Gasteiger partial charge in [-0.25, -0.2) is 4.79 Å². The normalized spacial score (nSPS) is 19.6. The van der Waals surface area contributed by atoms with Crippen LogP contribution < -0.4 is 0 Å². The largest absolute Gasteiger partial charge is 0.478 e. The van der Waals surface area contributed by atoms with Gasteiger partial charge in [0.1, 0.15) is 17.4 Å². The van der Waals surface area contributed by atoms with E-state index in [1.54, 1.807) is 0 Å². The summed E-state index contributed by atoms with van der Waals surface area (Å²) in [5, 5.41) is 19.0. The highest BCUT2D eigenvalue weighted by molar-refractivity contribution is 5.88. The molecule has 0 aromatic carbocycles. The van der Waals surface area contributed by atoms with E-state index in [9.17, 15) is 9.90 Å². The molecule has 1 aliphatic heterocycles. The molecule has 2 rings (SSSR count). The molecule has 2 N–H and O–H groups in total. The summed E-state index contributed by atoms with van der Waals surface area (Å²) in [6.07, 6.45) is 1.88. The van der Waals surface area contributed by atoms with Gasteiger partial charge in [0, 0.05) is 13.2 Å². The van der Waals surface area contributed by atoms with Crippen LogP contribution in [0.2, 0.25) is 0 Å². The minimum absolute atomic E-state index is 0.0120. The third-order valence-electron chi connectivity index (χ3n) is 2.91. The molecule has 1 unspecified atom stereocenters. The fourth-order valence-corrected chi connectivity index (χ4v) is 1.97. The molecular weight excluding hydrogens is 212 g/mol. The summed E-state index contributed by atoms with van der Waals surface area (Å²) in [7, 11) is 0. The first-order valence-electron chi connectivity index (χ1n) is 5.26. The lowest BCUT2D eigenvalue weighted by Gasteiger charge is -2.25. The number of ether oxygens (including phenoxy) is 1. The highest BCUT2D eigenvalue weighted by atomic mass is 16.5. The summed E-state index contributed by atoms with van der Waals surface area (Å²) in [6, 6.07) is 1.36. The Morgan fingerprint density at radius 3 is 2.75 bits per heavy atom.